The lowest BCUT2D eigenvalue weighted by Crippen LogP contribution is -2.06. The van der Waals surface area contributed by atoms with Gasteiger partial charge in [-0.25, -0.2) is 4.79 Å². The van der Waals surface area contributed by atoms with Crippen molar-refractivity contribution >= 4 is 55.8 Å². The molecule has 0 radical (unpaired) electrons. The molecule has 0 rings (SSSR count). The Bertz CT molecular complexity index is 192. The molecule has 0 amide bonds. The largest absolute Gasteiger partial charge is 0.463 e. The highest BCUT2D eigenvalue weighted by atomic mass is 80.0. The van der Waals surface area contributed by atoms with Crippen molar-refractivity contribution in [2.75, 3.05) is 6.61 Å². The SMILES string of the molecule is C=CC(=O)OCCCCC[Si](Br)(Br)Br. The fourth-order valence-electron chi connectivity index (χ4n) is 0.836. The van der Waals surface area contributed by atoms with E-state index in [1.54, 1.807) is 0 Å². The lowest BCUT2D eigenvalue weighted by molar-refractivity contribution is -0.137. The molecule has 14 heavy (non-hydrogen) atoms. The summed E-state index contributed by atoms with van der Waals surface area (Å²) in [5, 5.41) is 0. The predicted octanol–water partition coefficient (Wildman–Crippen LogP) is 4.01. The Morgan fingerprint density at radius 2 is 1.93 bits per heavy atom. The quantitative estimate of drug-likeness (QED) is 0.209. The van der Waals surface area contributed by atoms with E-state index in [1.165, 1.54) is 6.08 Å². The molecule has 0 aliphatic heterocycles. The number of unbranched alkanes of at least 4 members (excludes halogenated alkanes) is 2. The van der Waals surface area contributed by atoms with E-state index in [4.69, 9.17) is 4.74 Å². The minimum atomic E-state index is -1.43. The molecular weight excluding hydrogens is 396 g/mol. The van der Waals surface area contributed by atoms with Gasteiger partial charge in [0.1, 0.15) is 0 Å². The third-order valence-electron chi connectivity index (χ3n) is 1.52. The van der Waals surface area contributed by atoms with E-state index in [0.29, 0.717) is 6.61 Å². The van der Waals surface area contributed by atoms with Gasteiger partial charge >= 0.3 is 5.97 Å². The van der Waals surface area contributed by atoms with E-state index >= 15 is 0 Å². The molecule has 0 aromatic heterocycles. The van der Waals surface area contributed by atoms with Crippen LogP contribution in [-0.4, -0.2) is 16.5 Å². The predicted molar refractivity (Wildman–Crippen MR) is 72.3 cm³/mol. The Morgan fingerprint density at radius 1 is 1.29 bits per heavy atom. The van der Waals surface area contributed by atoms with Gasteiger partial charge in [0.2, 0.25) is 0 Å². The Kier molecular flexibility index (Phi) is 8.57. The van der Waals surface area contributed by atoms with Crippen molar-refractivity contribution in [2.45, 2.75) is 25.3 Å². The number of hydrogen-bond donors (Lipinski definition) is 0. The topological polar surface area (TPSA) is 26.3 Å². The van der Waals surface area contributed by atoms with E-state index in [9.17, 15) is 4.79 Å². The van der Waals surface area contributed by atoms with E-state index in [0.717, 1.165) is 25.3 Å². The number of halogens is 3. The minimum Gasteiger partial charge on any atom is -0.463 e. The van der Waals surface area contributed by atoms with Crippen LogP contribution in [0.2, 0.25) is 6.04 Å². The first-order chi connectivity index (χ1) is 6.45. The number of rotatable bonds is 7. The maximum Gasteiger partial charge on any atom is 0.330 e. The maximum atomic E-state index is 10.6. The highest BCUT2D eigenvalue weighted by molar-refractivity contribution is 9.72. The number of esters is 1. The van der Waals surface area contributed by atoms with Gasteiger partial charge in [0.25, 0.3) is 3.93 Å². The molecular formula is C8H13Br3O2Si. The monoisotopic (exact) mass is 406 g/mol. The summed E-state index contributed by atoms with van der Waals surface area (Å²) in [5.41, 5.74) is 0. The van der Waals surface area contributed by atoms with Crippen molar-refractivity contribution in [3.05, 3.63) is 12.7 Å². The van der Waals surface area contributed by atoms with Crippen LogP contribution in [0.3, 0.4) is 0 Å². The molecule has 0 saturated heterocycles. The van der Waals surface area contributed by atoms with Gasteiger partial charge in [-0.15, -0.1) is 0 Å². The number of hydrogen-bond acceptors (Lipinski definition) is 2. The van der Waals surface area contributed by atoms with Crippen LogP contribution in [0.5, 0.6) is 0 Å². The average molecular weight is 409 g/mol. The lowest BCUT2D eigenvalue weighted by Gasteiger charge is -2.08. The summed E-state index contributed by atoms with van der Waals surface area (Å²) in [4.78, 5) is 10.6. The molecule has 0 aliphatic carbocycles. The summed E-state index contributed by atoms with van der Waals surface area (Å²) in [7, 11) is 0. The fourth-order valence-corrected chi connectivity index (χ4v) is 4.01. The molecule has 0 aliphatic rings. The van der Waals surface area contributed by atoms with Gasteiger partial charge in [-0.2, -0.15) is 0 Å². The first-order valence-electron chi connectivity index (χ1n) is 4.31. The summed E-state index contributed by atoms with van der Waals surface area (Å²) < 4.78 is 3.41. The van der Waals surface area contributed by atoms with Gasteiger partial charge in [-0.3, -0.25) is 0 Å². The Morgan fingerprint density at radius 3 is 2.43 bits per heavy atom. The van der Waals surface area contributed by atoms with Crippen LogP contribution < -0.4 is 0 Å². The van der Waals surface area contributed by atoms with Crippen molar-refractivity contribution < 1.29 is 9.53 Å². The molecule has 0 unspecified atom stereocenters. The van der Waals surface area contributed by atoms with Crippen LogP contribution >= 0.6 is 45.9 Å². The van der Waals surface area contributed by atoms with Crippen LogP contribution in [0.25, 0.3) is 0 Å². The van der Waals surface area contributed by atoms with Gasteiger partial charge in [0, 0.05) is 6.08 Å². The van der Waals surface area contributed by atoms with E-state index in [-0.39, 0.29) is 5.97 Å². The van der Waals surface area contributed by atoms with Crippen LogP contribution in [0.1, 0.15) is 19.3 Å². The van der Waals surface area contributed by atoms with Gasteiger partial charge in [-0.1, -0.05) is 65.3 Å². The van der Waals surface area contributed by atoms with Gasteiger partial charge in [-0.05, 0) is 12.5 Å². The number of carbonyl (C=O) groups excluding carboxylic acids is 1. The second-order valence-corrected chi connectivity index (χ2v) is 26.3. The normalized spacial score (nSPS) is 11.1. The van der Waals surface area contributed by atoms with Gasteiger partial charge in [0.15, 0.2) is 0 Å². The molecule has 0 aromatic carbocycles. The van der Waals surface area contributed by atoms with Crippen LogP contribution in [0.15, 0.2) is 12.7 Å². The molecule has 0 fully saturated rings. The van der Waals surface area contributed by atoms with Crippen LogP contribution in [0, 0.1) is 0 Å². The van der Waals surface area contributed by atoms with Crippen molar-refractivity contribution in [1.82, 2.24) is 0 Å². The molecule has 0 N–H and O–H groups in total. The maximum absolute atomic E-state index is 10.6. The second-order valence-electron chi connectivity index (χ2n) is 2.80. The molecule has 0 heterocycles. The molecule has 0 aromatic rings. The summed E-state index contributed by atoms with van der Waals surface area (Å²) in [6, 6.07) is 1.11. The summed E-state index contributed by atoms with van der Waals surface area (Å²) in [6.07, 6.45) is 4.30. The summed E-state index contributed by atoms with van der Waals surface area (Å²) >= 11 is 10.7. The molecule has 2 nitrogen and oxygen atoms in total. The van der Waals surface area contributed by atoms with Crippen molar-refractivity contribution in [2.24, 2.45) is 0 Å². The van der Waals surface area contributed by atoms with Crippen LogP contribution in [-0.2, 0) is 9.53 Å². The first kappa shape index (κ1) is 14.9. The van der Waals surface area contributed by atoms with E-state index < -0.39 is 3.93 Å². The Balaban J connectivity index is 3.22. The molecule has 82 valence electrons. The summed E-state index contributed by atoms with van der Waals surface area (Å²) in [5.74, 6) is -0.338. The molecule has 0 atom stereocenters. The molecule has 6 heteroatoms. The smallest absolute Gasteiger partial charge is 0.330 e. The van der Waals surface area contributed by atoms with Gasteiger partial charge < -0.3 is 4.74 Å². The third-order valence-corrected chi connectivity index (χ3v) is 6.00. The first-order valence-corrected chi connectivity index (χ1v) is 13.3. The third kappa shape index (κ3) is 10.9. The molecule has 0 saturated carbocycles. The summed E-state index contributed by atoms with van der Waals surface area (Å²) in [6.45, 7) is 3.81. The average Bonchev–Trinajstić information content (AvgIpc) is 2.08. The highest BCUT2D eigenvalue weighted by Crippen LogP contribution is 2.33. The van der Waals surface area contributed by atoms with Crippen molar-refractivity contribution in [3.63, 3.8) is 0 Å². The number of carbonyl (C=O) groups is 1. The minimum absolute atomic E-state index is 0.338. The zero-order valence-corrected chi connectivity index (χ0v) is 13.5. The second kappa shape index (κ2) is 8.07. The van der Waals surface area contributed by atoms with Crippen molar-refractivity contribution in [3.8, 4) is 0 Å². The van der Waals surface area contributed by atoms with E-state index in [1.807, 2.05) is 0 Å². The lowest BCUT2D eigenvalue weighted by atomic mass is 10.3. The van der Waals surface area contributed by atoms with Gasteiger partial charge in [0.05, 0.1) is 6.61 Å². The molecule has 0 spiro atoms. The Labute approximate surface area is 109 Å². The van der Waals surface area contributed by atoms with Crippen LogP contribution in [0.4, 0.5) is 0 Å². The highest BCUT2D eigenvalue weighted by Gasteiger charge is 2.20. The zero-order chi connectivity index (χ0) is 11.0. The van der Waals surface area contributed by atoms with Crippen molar-refractivity contribution in [1.29, 1.82) is 0 Å². The number of ether oxygens (including phenoxy) is 1. The van der Waals surface area contributed by atoms with E-state index in [2.05, 4.69) is 52.5 Å². The standard InChI is InChI=1S/C8H13Br3O2Si/c1-2-8(12)13-6-4-3-5-7-14(9,10)11/h2H,1,3-7H2. The Hall–Kier alpha value is 0.867. The zero-order valence-electron chi connectivity index (χ0n) is 7.77. The molecule has 0 bridgehead atoms. The fraction of sp³-hybridized carbons (Fsp3) is 0.625.